The van der Waals surface area contributed by atoms with Crippen LogP contribution in [-0.2, 0) is 0 Å². The van der Waals surface area contributed by atoms with Crippen LogP contribution < -0.4 is 5.73 Å². The van der Waals surface area contributed by atoms with Crippen molar-refractivity contribution in [3.63, 3.8) is 0 Å². The first-order valence-electron chi connectivity index (χ1n) is 5.54. The molecule has 0 atom stereocenters. The first kappa shape index (κ1) is 9.47. The van der Waals surface area contributed by atoms with Gasteiger partial charge in [-0.05, 0) is 44.4 Å². The van der Waals surface area contributed by atoms with E-state index in [4.69, 9.17) is 5.73 Å². The van der Waals surface area contributed by atoms with E-state index in [1.54, 1.807) is 0 Å². The molecule has 13 heavy (non-hydrogen) atoms. The number of rotatable bonds is 2. The van der Waals surface area contributed by atoms with Gasteiger partial charge in [-0.15, -0.1) is 0 Å². The zero-order valence-corrected chi connectivity index (χ0v) is 8.55. The molecular formula is C11H21NO. The normalized spacial score (nSPS) is 43.2. The molecule has 0 aliphatic heterocycles. The van der Waals surface area contributed by atoms with Crippen LogP contribution in [-0.4, -0.2) is 17.3 Å². The summed E-state index contributed by atoms with van der Waals surface area (Å²) in [7, 11) is 0. The molecule has 76 valence electrons. The highest BCUT2D eigenvalue weighted by Gasteiger charge is 2.57. The van der Waals surface area contributed by atoms with Gasteiger partial charge < -0.3 is 10.8 Å². The molecule has 0 spiro atoms. The van der Waals surface area contributed by atoms with E-state index in [1.165, 1.54) is 12.8 Å². The van der Waals surface area contributed by atoms with Crippen molar-refractivity contribution in [2.45, 2.75) is 51.0 Å². The summed E-state index contributed by atoms with van der Waals surface area (Å²) in [6, 6.07) is 0. The molecule has 2 heteroatoms. The molecule has 2 saturated carbocycles. The first-order valence-corrected chi connectivity index (χ1v) is 5.54. The molecule has 0 heterocycles. The smallest absolute Gasteiger partial charge is 0.0716 e. The summed E-state index contributed by atoms with van der Waals surface area (Å²) in [5.41, 5.74) is 5.47. The third-order valence-electron chi connectivity index (χ3n) is 4.33. The summed E-state index contributed by atoms with van der Waals surface area (Å²) < 4.78 is 0. The lowest BCUT2D eigenvalue weighted by atomic mass is 9.70. The lowest BCUT2D eigenvalue weighted by molar-refractivity contribution is -0.0673. The topological polar surface area (TPSA) is 46.2 Å². The van der Waals surface area contributed by atoms with Crippen LogP contribution >= 0.6 is 0 Å². The minimum atomic E-state index is -0.408. The van der Waals surface area contributed by atoms with E-state index in [0.717, 1.165) is 31.6 Å². The fourth-order valence-corrected chi connectivity index (χ4v) is 2.78. The highest BCUT2D eigenvalue weighted by Crippen LogP contribution is 2.58. The fourth-order valence-electron chi connectivity index (χ4n) is 2.78. The van der Waals surface area contributed by atoms with Crippen LogP contribution in [0.25, 0.3) is 0 Å². The van der Waals surface area contributed by atoms with Crippen molar-refractivity contribution in [3.05, 3.63) is 0 Å². The number of hydrogen-bond acceptors (Lipinski definition) is 2. The molecular weight excluding hydrogens is 162 g/mol. The van der Waals surface area contributed by atoms with E-state index in [1.807, 2.05) is 0 Å². The summed E-state index contributed by atoms with van der Waals surface area (Å²) in [5.74, 6) is 0.800. The molecule has 2 rings (SSSR count). The first-order chi connectivity index (χ1) is 6.12. The molecule has 0 unspecified atom stereocenters. The molecule has 0 aromatic heterocycles. The van der Waals surface area contributed by atoms with Gasteiger partial charge in [0, 0.05) is 12.0 Å². The van der Waals surface area contributed by atoms with E-state index < -0.39 is 5.60 Å². The molecule has 3 N–H and O–H groups in total. The van der Waals surface area contributed by atoms with E-state index in [9.17, 15) is 5.11 Å². The SMILES string of the molecule is CC1CCC(O)(C2(CN)CC2)CC1. The average molecular weight is 183 g/mol. The summed E-state index contributed by atoms with van der Waals surface area (Å²) in [6.45, 7) is 2.96. The van der Waals surface area contributed by atoms with Crippen LogP contribution in [0, 0.1) is 11.3 Å². The highest BCUT2D eigenvalue weighted by atomic mass is 16.3. The van der Waals surface area contributed by atoms with Crippen molar-refractivity contribution in [1.82, 2.24) is 0 Å². The molecule has 0 saturated heterocycles. The largest absolute Gasteiger partial charge is 0.389 e. The Bertz CT molecular complexity index is 190. The second-order valence-corrected chi connectivity index (χ2v) is 5.20. The summed E-state index contributed by atoms with van der Waals surface area (Å²) in [6.07, 6.45) is 6.61. The van der Waals surface area contributed by atoms with Gasteiger partial charge in [0.05, 0.1) is 5.60 Å². The summed E-state index contributed by atoms with van der Waals surface area (Å²) >= 11 is 0. The Balaban J connectivity index is 2.04. The lowest BCUT2D eigenvalue weighted by Crippen LogP contribution is -2.46. The van der Waals surface area contributed by atoms with Gasteiger partial charge in [-0.2, -0.15) is 0 Å². The maximum atomic E-state index is 10.5. The highest BCUT2D eigenvalue weighted by molar-refractivity contribution is 5.09. The molecule has 0 aromatic rings. The number of hydrogen-bond donors (Lipinski definition) is 2. The average Bonchev–Trinajstić information content (AvgIpc) is 2.91. The van der Waals surface area contributed by atoms with Crippen molar-refractivity contribution in [2.24, 2.45) is 17.1 Å². The summed E-state index contributed by atoms with van der Waals surface area (Å²) in [4.78, 5) is 0. The molecule has 2 aliphatic carbocycles. The molecule has 2 aliphatic rings. The Morgan fingerprint density at radius 1 is 1.23 bits per heavy atom. The zero-order valence-electron chi connectivity index (χ0n) is 8.55. The Hall–Kier alpha value is -0.0800. The second kappa shape index (κ2) is 2.96. The standard InChI is InChI=1S/C11H21NO/c1-9-2-4-11(13,5-3-9)10(8-12)6-7-10/h9,13H,2-8,12H2,1H3. The third-order valence-corrected chi connectivity index (χ3v) is 4.33. The second-order valence-electron chi connectivity index (χ2n) is 5.20. The molecule has 0 aromatic carbocycles. The maximum Gasteiger partial charge on any atom is 0.0716 e. The van der Waals surface area contributed by atoms with Gasteiger partial charge in [0.25, 0.3) is 0 Å². The predicted octanol–water partition coefficient (Wildman–Crippen LogP) is 1.67. The van der Waals surface area contributed by atoms with Crippen LogP contribution in [0.1, 0.15) is 45.4 Å². The van der Waals surface area contributed by atoms with Crippen LogP contribution in [0.2, 0.25) is 0 Å². The Kier molecular flexibility index (Phi) is 2.16. The van der Waals surface area contributed by atoms with E-state index in [-0.39, 0.29) is 5.41 Å². The molecule has 0 amide bonds. The predicted molar refractivity (Wildman–Crippen MR) is 53.3 cm³/mol. The quantitative estimate of drug-likeness (QED) is 0.684. The monoisotopic (exact) mass is 183 g/mol. The van der Waals surface area contributed by atoms with Crippen LogP contribution in [0.5, 0.6) is 0 Å². The lowest BCUT2D eigenvalue weighted by Gasteiger charge is -2.41. The Morgan fingerprint density at radius 3 is 2.15 bits per heavy atom. The van der Waals surface area contributed by atoms with Gasteiger partial charge in [0.15, 0.2) is 0 Å². The fraction of sp³-hybridized carbons (Fsp3) is 1.00. The van der Waals surface area contributed by atoms with Crippen molar-refractivity contribution >= 4 is 0 Å². The van der Waals surface area contributed by atoms with Gasteiger partial charge in [-0.3, -0.25) is 0 Å². The third kappa shape index (κ3) is 1.40. The van der Waals surface area contributed by atoms with E-state index in [2.05, 4.69) is 6.92 Å². The van der Waals surface area contributed by atoms with Crippen molar-refractivity contribution in [1.29, 1.82) is 0 Å². The van der Waals surface area contributed by atoms with Gasteiger partial charge in [-0.25, -0.2) is 0 Å². The van der Waals surface area contributed by atoms with Crippen LogP contribution in [0.4, 0.5) is 0 Å². The minimum Gasteiger partial charge on any atom is -0.389 e. The van der Waals surface area contributed by atoms with E-state index in [0.29, 0.717) is 6.54 Å². The van der Waals surface area contributed by atoms with Crippen LogP contribution in [0.3, 0.4) is 0 Å². The van der Waals surface area contributed by atoms with Crippen molar-refractivity contribution < 1.29 is 5.11 Å². The van der Waals surface area contributed by atoms with Gasteiger partial charge in [0.2, 0.25) is 0 Å². The maximum absolute atomic E-state index is 10.5. The van der Waals surface area contributed by atoms with E-state index >= 15 is 0 Å². The number of aliphatic hydroxyl groups is 1. The van der Waals surface area contributed by atoms with Crippen molar-refractivity contribution in [3.8, 4) is 0 Å². The van der Waals surface area contributed by atoms with Crippen LogP contribution in [0.15, 0.2) is 0 Å². The minimum absolute atomic E-state index is 0.118. The molecule has 2 nitrogen and oxygen atoms in total. The van der Waals surface area contributed by atoms with Gasteiger partial charge in [0.1, 0.15) is 0 Å². The van der Waals surface area contributed by atoms with Gasteiger partial charge >= 0.3 is 0 Å². The Labute approximate surface area is 80.5 Å². The van der Waals surface area contributed by atoms with Crippen molar-refractivity contribution in [2.75, 3.05) is 6.54 Å². The molecule has 0 bridgehead atoms. The zero-order chi connectivity index (χ0) is 9.53. The summed E-state index contributed by atoms with van der Waals surface area (Å²) in [5, 5.41) is 10.5. The molecule has 0 radical (unpaired) electrons. The van der Waals surface area contributed by atoms with Gasteiger partial charge in [-0.1, -0.05) is 6.92 Å². The Morgan fingerprint density at radius 2 is 1.77 bits per heavy atom. The molecule has 2 fully saturated rings. The number of nitrogens with two attached hydrogens (primary N) is 1.